The van der Waals surface area contributed by atoms with Gasteiger partial charge in [0.05, 0.1) is 10.6 Å². The van der Waals surface area contributed by atoms with Crippen molar-refractivity contribution in [3.05, 3.63) is 67.2 Å². The standard InChI is InChI=1S/C18H14BrCl2N3S/c19-13-8-15(25-17(13)21)18-22-14-6-7-24(10-12(14)16(20)23-18)9-11-4-2-1-3-5-11/h1-5,8H,6-7,9-10H2. The van der Waals surface area contributed by atoms with E-state index in [1.165, 1.54) is 16.9 Å². The topological polar surface area (TPSA) is 29.0 Å². The van der Waals surface area contributed by atoms with Crippen LogP contribution in [0.15, 0.2) is 40.9 Å². The van der Waals surface area contributed by atoms with E-state index in [0.29, 0.717) is 15.3 Å². The average molecular weight is 455 g/mol. The molecule has 3 aromatic rings. The summed E-state index contributed by atoms with van der Waals surface area (Å²) in [6.45, 7) is 2.65. The minimum absolute atomic E-state index is 0.540. The fourth-order valence-corrected chi connectivity index (χ4v) is 4.86. The number of hydrogen-bond donors (Lipinski definition) is 0. The molecule has 0 saturated heterocycles. The van der Waals surface area contributed by atoms with E-state index in [1.807, 2.05) is 12.1 Å². The second-order valence-corrected chi connectivity index (χ2v) is 8.81. The number of hydrogen-bond acceptors (Lipinski definition) is 4. The summed E-state index contributed by atoms with van der Waals surface area (Å²) < 4.78 is 1.56. The summed E-state index contributed by atoms with van der Waals surface area (Å²) in [5.41, 5.74) is 3.38. The lowest BCUT2D eigenvalue weighted by atomic mass is 10.1. The molecule has 0 aliphatic carbocycles. The Morgan fingerprint density at radius 3 is 2.68 bits per heavy atom. The molecule has 3 heterocycles. The van der Waals surface area contributed by atoms with Crippen LogP contribution < -0.4 is 0 Å². The molecule has 1 aliphatic rings. The zero-order valence-corrected chi connectivity index (χ0v) is 17.1. The van der Waals surface area contributed by atoms with Gasteiger partial charge in [-0.3, -0.25) is 4.90 Å². The SMILES string of the molecule is Clc1nc(-c2cc(Br)c(Cl)s2)nc2c1CN(Cc1ccccc1)CC2. The molecular formula is C18H14BrCl2N3S. The third-order valence-electron chi connectivity index (χ3n) is 4.20. The lowest BCUT2D eigenvalue weighted by Crippen LogP contribution is -2.31. The molecule has 0 saturated carbocycles. The van der Waals surface area contributed by atoms with Crippen molar-refractivity contribution >= 4 is 50.5 Å². The van der Waals surface area contributed by atoms with Crippen molar-refractivity contribution in [1.82, 2.24) is 14.9 Å². The Kier molecular flexibility index (Phi) is 5.11. The van der Waals surface area contributed by atoms with Crippen molar-refractivity contribution < 1.29 is 0 Å². The number of halogens is 3. The van der Waals surface area contributed by atoms with Crippen LogP contribution in [0, 0.1) is 0 Å². The molecule has 0 atom stereocenters. The van der Waals surface area contributed by atoms with Crippen LogP contribution in [0.5, 0.6) is 0 Å². The molecule has 2 aromatic heterocycles. The monoisotopic (exact) mass is 453 g/mol. The highest BCUT2D eigenvalue weighted by Gasteiger charge is 2.23. The summed E-state index contributed by atoms with van der Waals surface area (Å²) in [7, 11) is 0. The first-order valence-corrected chi connectivity index (χ1v) is 10.2. The summed E-state index contributed by atoms with van der Waals surface area (Å²) in [6, 6.07) is 12.4. The molecule has 1 aromatic carbocycles. The highest BCUT2D eigenvalue weighted by atomic mass is 79.9. The molecule has 7 heteroatoms. The van der Waals surface area contributed by atoms with Crippen molar-refractivity contribution in [2.24, 2.45) is 0 Å². The van der Waals surface area contributed by atoms with E-state index in [2.05, 4.69) is 50.1 Å². The van der Waals surface area contributed by atoms with Gasteiger partial charge in [0.25, 0.3) is 0 Å². The van der Waals surface area contributed by atoms with Gasteiger partial charge >= 0.3 is 0 Å². The molecule has 0 fully saturated rings. The number of benzene rings is 1. The largest absolute Gasteiger partial charge is 0.294 e. The zero-order valence-electron chi connectivity index (χ0n) is 13.2. The van der Waals surface area contributed by atoms with Gasteiger partial charge in [-0.15, -0.1) is 11.3 Å². The normalized spacial score (nSPS) is 14.5. The lowest BCUT2D eigenvalue weighted by Gasteiger charge is -2.28. The average Bonchev–Trinajstić information content (AvgIpc) is 2.95. The molecule has 0 spiro atoms. The minimum atomic E-state index is 0.540. The van der Waals surface area contributed by atoms with E-state index in [4.69, 9.17) is 28.2 Å². The molecule has 25 heavy (non-hydrogen) atoms. The maximum absolute atomic E-state index is 6.49. The van der Waals surface area contributed by atoms with Crippen molar-refractivity contribution in [1.29, 1.82) is 0 Å². The van der Waals surface area contributed by atoms with E-state index in [9.17, 15) is 0 Å². The van der Waals surface area contributed by atoms with Gasteiger partial charge < -0.3 is 0 Å². The highest BCUT2D eigenvalue weighted by molar-refractivity contribution is 9.10. The van der Waals surface area contributed by atoms with Crippen LogP contribution in [0.1, 0.15) is 16.8 Å². The quantitative estimate of drug-likeness (QED) is 0.466. The van der Waals surface area contributed by atoms with Gasteiger partial charge in [0, 0.05) is 36.1 Å². The fraction of sp³-hybridized carbons (Fsp3) is 0.222. The smallest absolute Gasteiger partial charge is 0.171 e. The minimum Gasteiger partial charge on any atom is -0.294 e. The van der Waals surface area contributed by atoms with Crippen LogP contribution in [0.25, 0.3) is 10.7 Å². The molecule has 128 valence electrons. The second kappa shape index (κ2) is 7.33. The Labute approximate surface area is 168 Å². The molecule has 3 nitrogen and oxygen atoms in total. The lowest BCUT2D eigenvalue weighted by molar-refractivity contribution is 0.243. The Morgan fingerprint density at radius 1 is 1.16 bits per heavy atom. The first-order valence-electron chi connectivity index (χ1n) is 7.87. The van der Waals surface area contributed by atoms with Crippen LogP contribution in [-0.4, -0.2) is 21.4 Å². The summed E-state index contributed by atoms with van der Waals surface area (Å²) in [5, 5.41) is 0.540. The summed E-state index contributed by atoms with van der Waals surface area (Å²) in [4.78, 5) is 12.6. The number of fused-ring (bicyclic) bond motifs is 1. The Morgan fingerprint density at radius 2 is 1.96 bits per heavy atom. The van der Waals surface area contributed by atoms with Gasteiger partial charge in [0.1, 0.15) is 9.49 Å². The zero-order chi connectivity index (χ0) is 17.4. The van der Waals surface area contributed by atoms with Gasteiger partial charge in [-0.2, -0.15) is 0 Å². The Hall–Kier alpha value is -0.980. The van der Waals surface area contributed by atoms with Crippen molar-refractivity contribution in [3.8, 4) is 10.7 Å². The third-order valence-corrected chi connectivity index (χ3v) is 6.99. The molecule has 4 rings (SSSR count). The molecule has 0 radical (unpaired) electrons. The van der Waals surface area contributed by atoms with Gasteiger partial charge in [-0.1, -0.05) is 53.5 Å². The molecular weight excluding hydrogens is 441 g/mol. The van der Waals surface area contributed by atoms with Crippen LogP contribution in [-0.2, 0) is 19.5 Å². The van der Waals surface area contributed by atoms with Crippen LogP contribution in [0.3, 0.4) is 0 Å². The molecule has 0 unspecified atom stereocenters. The first-order chi connectivity index (χ1) is 12.1. The number of thiophene rings is 1. The van der Waals surface area contributed by atoms with E-state index >= 15 is 0 Å². The van der Waals surface area contributed by atoms with Crippen LogP contribution >= 0.6 is 50.5 Å². The first kappa shape index (κ1) is 17.4. The van der Waals surface area contributed by atoms with Crippen molar-refractivity contribution in [2.45, 2.75) is 19.5 Å². The van der Waals surface area contributed by atoms with Crippen LogP contribution in [0.4, 0.5) is 0 Å². The number of nitrogens with zero attached hydrogens (tertiary/aromatic N) is 3. The Balaban J connectivity index is 1.59. The maximum atomic E-state index is 6.49. The fourth-order valence-electron chi connectivity index (χ4n) is 2.97. The predicted molar refractivity (Wildman–Crippen MR) is 107 cm³/mol. The van der Waals surface area contributed by atoms with Crippen molar-refractivity contribution in [2.75, 3.05) is 6.54 Å². The van der Waals surface area contributed by atoms with Gasteiger partial charge in [0.15, 0.2) is 5.82 Å². The molecule has 0 bridgehead atoms. The molecule has 0 N–H and O–H groups in total. The van der Waals surface area contributed by atoms with Crippen molar-refractivity contribution in [3.63, 3.8) is 0 Å². The number of rotatable bonds is 3. The third kappa shape index (κ3) is 3.76. The second-order valence-electron chi connectivity index (χ2n) is 5.94. The van der Waals surface area contributed by atoms with Crippen LogP contribution in [0.2, 0.25) is 9.49 Å². The summed E-state index contributed by atoms with van der Waals surface area (Å²) >= 11 is 17.5. The highest BCUT2D eigenvalue weighted by Crippen LogP contribution is 2.38. The van der Waals surface area contributed by atoms with E-state index < -0.39 is 0 Å². The predicted octanol–water partition coefficient (Wildman–Crippen LogP) is 5.83. The molecule has 0 amide bonds. The maximum Gasteiger partial charge on any atom is 0.171 e. The van der Waals surface area contributed by atoms with Gasteiger partial charge in [-0.25, -0.2) is 9.97 Å². The van der Waals surface area contributed by atoms with E-state index in [-0.39, 0.29) is 0 Å². The Bertz CT molecular complexity index is 895. The van der Waals surface area contributed by atoms with E-state index in [0.717, 1.165) is 46.7 Å². The van der Waals surface area contributed by atoms with Gasteiger partial charge in [0.2, 0.25) is 0 Å². The van der Waals surface area contributed by atoms with Gasteiger partial charge in [-0.05, 0) is 27.6 Å². The summed E-state index contributed by atoms with van der Waals surface area (Å²) in [6.07, 6.45) is 0.873. The number of aromatic nitrogens is 2. The van der Waals surface area contributed by atoms with E-state index in [1.54, 1.807) is 0 Å². The summed E-state index contributed by atoms with van der Waals surface area (Å²) in [5.74, 6) is 0.651. The molecule has 1 aliphatic heterocycles.